The molecule has 1 aromatic carbocycles. The number of hydrogen-bond acceptors (Lipinski definition) is 5. The van der Waals surface area contributed by atoms with Crippen LogP contribution in [-0.2, 0) is 11.3 Å². The summed E-state index contributed by atoms with van der Waals surface area (Å²) < 4.78 is 1.26. The van der Waals surface area contributed by atoms with Crippen molar-refractivity contribution in [3.63, 3.8) is 0 Å². The van der Waals surface area contributed by atoms with E-state index < -0.39 is 17.2 Å². The summed E-state index contributed by atoms with van der Waals surface area (Å²) in [5, 5.41) is 2.53. The van der Waals surface area contributed by atoms with Crippen LogP contribution in [0.3, 0.4) is 0 Å². The fourth-order valence-electron chi connectivity index (χ4n) is 2.72. The highest BCUT2D eigenvalue weighted by molar-refractivity contribution is 6.04. The van der Waals surface area contributed by atoms with Gasteiger partial charge in [-0.2, -0.15) is 0 Å². The first-order valence-corrected chi connectivity index (χ1v) is 9.20. The lowest BCUT2D eigenvalue weighted by molar-refractivity contribution is -0.113. The lowest BCUT2D eigenvalue weighted by atomic mass is 10.1. The van der Waals surface area contributed by atoms with Crippen LogP contribution in [0.5, 0.6) is 0 Å². The highest BCUT2D eigenvalue weighted by Gasteiger charge is 2.19. The molecule has 0 aliphatic rings. The molecule has 2 amide bonds. The summed E-state index contributed by atoms with van der Waals surface area (Å²) in [6.07, 6.45) is 4.40. The number of hydrogen-bond donors (Lipinski definition) is 3. The standard InChI is InChI=1S/C20H25N5O4/c1-4-5-12-25-17(21)16(19(28)23-20(25)29)24(3)15(26)11-8-13-6-9-14(10-7-13)18(27)22-2/h6-11H,4-5,12,21H2,1-3H3,(H,22,27)(H,23,28,29)/b11-8+. The molecule has 0 unspecified atom stereocenters. The molecule has 0 bridgehead atoms. The van der Waals surface area contributed by atoms with Gasteiger partial charge < -0.3 is 16.0 Å². The van der Waals surface area contributed by atoms with E-state index in [0.29, 0.717) is 24.1 Å². The Morgan fingerprint density at radius 3 is 2.48 bits per heavy atom. The molecule has 0 saturated carbocycles. The van der Waals surface area contributed by atoms with Crippen molar-refractivity contribution in [2.75, 3.05) is 24.7 Å². The van der Waals surface area contributed by atoms with E-state index in [2.05, 4.69) is 10.3 Å². The number of H-pyrrole nitrogens is 1. The fourth-order valence-corrected chi connectivity index (χ4v) is 2.72. The maximum absolute atomic E-state index is 12.5. The molecule has 1 aromatic heterocycles. The van der Waals surface area contributed by atoms with Crippen molar-refractivity contribution in [1.82, 2.24) is 14.9 Å². The van der Waals surface area contributed by atoms with E-state index in [-0.39, 0.29) is 17.4 Å². The topological polar surface area (TPSA) is 130 Å². The number of aromatic nitrogens is 2. The van der Waals surface area contributed by atoms with Gasteiger partial charge in [0.1, 0.15) is 5.82 Å². The van der Waals surface area contributed by atoms with Crippen LogP contribution in [0, 0.1) is 0 Å². The zero-order valence-corrected chi connectivity index (χ0v) is 16.7. The lowest BCUT2D eigenvalue weighted by Crippen LogP contribution is -2.38. The number of rotatable bonds is 7. The normalized spacial score (nSPS) is 10.9. The summed E-state index contributed by atoms with van der Waals surface area (Å²) in [5.74, 6) is -0.742. The second-order valence-corrected chi connectivity index (χ2v) is 6.43. The average molecular weight is 399 g/mol. The van der Waals surface area contributed by atoms with Crippen LogP contribution in [0.4, 0.5) is 11.5 Å². The average Bonchev–Trinajstić information content (AvgIpc) is 2.71. The monoisotopic (exact) mass is 399 g/mol. The van der Waals surface area contributed by atoms with Gasteiger partial charge in [0, 0.05) is 32.3 Å². The fraction of sp³-hybridized carbons (Fsp3) is 0.300. The third-order valence-corrected chi connectivity index (χ3v) is 4.43. The smallest absolute Gasteiger partial charge is 0.330 e. The van der Waals surface area contributed by atoms with Gasteiger partial charge >= 0.3 is 5.69 Å². The van der Waals surface area contributed by atoms with Gasteiger partial charge in [0.05, 0.1) is 0 Å². The van der Waals surface area contributed by atoms with Crippen molar-refractivity contribution < 1.29 is 9.59 Å². The first kappa shape index (κ1) is 21.7. The van der Waals surface area contributed by atoms with Gasteiger partial charge in [0.2, 0.25) is 0 Å². The Morgan fingerprint density at radius 2 is 1.90 bits per heavy atom. The molecule has 1 heterocycles. The van der Waals surface area contributed by atoms with Crippen molar-refractivity contribution >= 4 is 29.4 Å². The Bertz CT molecular complexity index is 1030. The van der Waals surface area contributed by atoms with Crippen molar-refractivity contribution in [3.8, 4) is 0 Å². The number of anilines is 2. The second-order valence-electron chi connectivity index (χ2n) is 6.43. The number of carbonyl (C=O) groups excluding carboxylic acids is 2. The van der Waals surface area contributed by atoms with Crippen molar-refractivity contribution in [2.24, 2.45) is 0 Å². The van der Waals surface area contributed by atoms with E-state index in [0.717, 1.165) is 11.3 Å². The number of likely N-dealkylation sites (N-methyl/N-ethyl adjacent to an activating group) is 1. The summed E-state index contributed by atoms with van der Waals surface area (Å²) in [6.45, 7) is 2.32. The van der Waals surface area contributed by atoms with Crippen molar-refractivity contribution in [3.05, 3.63) is 62.3 Å². The van der Waals surface area contributed by atoms with Crippen LogP contribution in [0.1, 0.15) is 35.7 Å². The molecule has 0 radical (unpaired) electrons. The van der Waals surface area contributed by atoms with Gasteiger partial charge in [-0.25, -0.2) is 4.79 Å². The van der Waals surface area contributed by atoms with Gasteiger partial charge in [-0.15, -0.1) is 0 Å². The molecule has 2 rings (SSSR count). The zero-order chi connectivity index (χ0) is 21.6. The second kappa shape index (κ2) is 9.54. The van der Waals surface area contributed by atoms with Crippen LogP contribution < -0.4 is 27.2 Å². The van der Waals surface area contributed by atoms with Gasteiger partial charge in [-0.05, 0) is 30.2 Å². The van der Waals surface area contributed by atoms with Gasteiger partial charge in [-0.1, -0.05) is 25.5 Å². The van der Waals surface area contributed by atoms with E-state index >= 15 is 0 Å². The predicted octanol–water partition coefficient (Wildman–Crippen LogP) is 0.955. The minimum atomic E-state index is -0.723. The van der Waals surface area contributed by atoms with Gasteiger partial charge in [0.25, 0.3) is 17.4 Å². The Kier molecular flexibility index (Phi) is 7.13. The lowest BCUT2D eigenvalue weighted by Gasteiger charge is -2.19. The van der Waals surface area contributed by atoms with E-state index in [1.807, 2.05) is 6.92 Å². The van der Waals surface area contributed by atoms with E-state index in [9.17, 15) is 19.2 Å². The molecule has 0 saturated heterocycles. The van der Waals surface area contributed by atoms with Crippen LogP contribution >= 0.6 is 0 Å². The third-order valence-electron chi connectivity index (χ3n) is 4.43. The molecule has 0 atom stereocenters. The van der Waals surface area contributed by atoms with Crippen LogP contribution in [0.15, 0.2) is 39.9 Å². The molecule has 9 heteroatoms. The number of benzene rings is 1. The molecule has 0 spiro atoms. The maximum Gasteiger partial charge on any atom is 0.330 e. The maximum atomic E-state index is 12.5. The molecular weight excluding hydrogens is 374 g/mol. The summed E-state index contributed by atoms with van der Waals surface area (Å²) in [6, 6.07) is 6.67. The van der Waals surface area contributed by atoms with Crippen LogP contribution in [0.25, 0.3) is 6.08 Å². The number of nitrogens with two attached hydrogens (primary N) is 1. The minimum absolute atomic E-state index is 0.0496. The number of unbranched alkanes of at least 4 members (excludes halogenated alkanes) is 1. The molecule has 0 aliphatic carbocycles. The third kappa shape index (κ3) is 5.01. The molecule has 154 valence electrons. The summed E-state index contributed by atoms with van der Waals surface area (Å²) in [4.78, 5) is 51.6. The number of nitrogen functional groups attached to an aromatic ring is 1. The highest BCUT2D eigenvalue weighted by atomic mass is 16.2. The number of nitrogens with zero attached hydrogens (tertiary/aromatic N) is 2. The van der Waals surface area contributed by atoms with E-state index in [1.54, 1.807) is 37.4 Å². The molecule has 0 aliphatic heterocycles. The Balaban J connectivity index is 2.26. The molecule has 9 nitrogen and oxygen atoms in total. The number of nitrogens with one attached hydrogen (secondary N) is 2. The Morgan fingerprint density at radius 1 is 1.24 bits per heavy atom. The van der Waals surface area contributed by atoms with Gasteiger partial charge in [0.15, 0.2) is 5.69 Å². The molecule has 0 fully saturated rings. The number of aromatic amines is 1. The SMILES string of the molecule is CCCCn1c(N)c(N(C)C(=O)/C=C/c2ccc(C(=O)NC)cc2)c(=O)[nH]c1=O. The molecular formula is C20H25N5O4. The molecule has 2 aromatic rings. The van der Waals surface area contributed by atoms with E-state index in [4.69, 9.17) is 5.73 Å². The quantitative estimate of drug-likeness (QED) is 0.597. The van der Waals surface area contributed by atoms with E-state index in [1.165, 1.54) is 17.7 Å². The highest BCUT2D eigenvalue weighted by Crippen LogP contribution is 2.16. The van der Waals surface area contributed by atoms with Crippen molar-refractivity contribution in [1.29, 1.82) is 0 Å². The molecule has 29 heavy (non-hydrogen) atoms. The predicted molar refractivity (Wildman–Crippen MR) is 113 cm³/mol. The first-order valence-electron chi connectivity index (χ1n) is 9.20. The summed E-state index contributed by atoms with van der Waals surface area (Å²) >= 11 is 0. The van der Waals surface area contributed by atoms with Crippen LogP contribution in [-0.4, -0.2) is 35.5 Å². The minimum Gasteiger partial charge on any atom is -0.383 e. The number of amides is 2. The largest absolute Gasteiger partial charge is 0.383 e. The zero-order valence-electron chi connectivity index (χ0n) is 16.7. The van der Waals surface area contributed by atoms with Gasteiger partial charge in [-0.3, -0.25) is 23.9 Å². The summed E-state index contributed by atoms with van der Waals surface area (Å²) in [5.41, 5.74) is 5.82. The Hall–Kier alpha value is -3.62. The first-order chi connectivity index (χ1) is 13.8. The van der Waals surface area contributed by atoms with Crippen LogP contribution in [0.2, 0.25) is 0 Å². The van der Waals surface area contributed by atoms with Crippen molar-refractivity contribution in [2.45, 2.75) is 26.3 Å². The summed E-state index contributed by atoms with van der Waals surface area (Å²) in [7, 11) is 2.96. The number of carbonyl (C=O) groups is 2. The molecule has 4 N–H and O–H groups in total. The Labute approximate surface area is 167 Å².